The van der Waals surface area contributed by atoms with Crippen LogP contribution >= 0.6 is 11.6 Å². The lowest BCUT2D eigenvalue weighted by atomic mass is 10.2. The quantitative estimate of drug-likeness (QED) is 0.597. The van der Waals surface area contributed by atoms with Crippen molar-refractivity contribution in [1.82, 2.24) is 4.98 Å². The van der Waals surface area contributed by atoms with E-state index in [0.717, 1.165) is 6.42 Å². The summed E-state index contributed by atoms with van der Waals surface area (Å²) in [5.74, 6) is 0. The fraction of sp³-hybridized carbons (Fsp3) is 0.375. The van der Waals surface area contributed by atoms with Gasteiger partial charge < -0.3 is 0 Å². The summed E-state index contributed by atoms with van der Waals surface area (Å²) in [6.07, 6.45) is 4.49. The molecular weight excluding hydrogens is 146 g/mol. The Bertz CT molecular complexity index is 184. The molecule has 1 rings (SSSR count). The van der Waals surface area contributed by atoms with Gasteiger partial charge in [0.05, 0.1) is 0 Å². The molecule has 1 nitrogen and oxygen atoms in total. The van der Waals surface area contributed by atoms with Gasteiger partial charge in [0.2, 0.25) is 0 Å². The fourth-order valence-corrected chi connectivity index (χ4v) is 1.02. The Labute approximate surface area is 66.0 Å². The van der Waals surface area contributed by atoms with Crippen LogP contribution in [0.25, 0.3) is 0 Å². The van der Waals surface area contributed by atoms with Crippen molar-refractivity contribution < 1.29 is 0 Å². The van der Waals surface area contributed by atoms with E-state index in [-0.39, 0.29) is 5.38 Å². The third kappa shape index (κ3) is 2.36. The van der Waals surface area contributed by atoms with Gasteiger partial charge in [-0.05, 0) is 31.0 Å². The summed E-state index contributed by atoms with van der Waals surface area (Å²) in [5.41, 5.74) is 1.25. The van der Waals surface area contributed by atoms with Crippen molar-refractivity contribution >= 4 is 11.6 Å². The molecule has 1 aromatic heterocycles. The van der Waals surface area contributed by atoms with Gasteiger partial charge in [-0.3, -0.25) is 4.98 Å². The van der Waals surface area contributed by atoms with Gasteiger partial charge in [0.25, 0.3) is 0 Å². The highest BCUT2D eigenvalue weighted by Gasteiger charge is 1.96. The van der Waals surface area contributed by atoms with Crippen molar-refractivity contribution in [3.05, 3.63) is 30.1 Å². The maximum Gasteiger partial charge on any atom is 0.0348 e. The van der Waals surface area contributed by atoms with Crippen molar-refractivity contribution in [2.75, 3.05) is 0 Å². The molecule has 0 radical (unpaired) electrons. The Kier molecular flexibility index (Phi) is 2.69. The molecule has 0 aliphatic carbocycles. The zero-order valence-corrected chi connectivity index (χ0v) is 6.67. The van der Waals surface area contributed by atoms with E-state index in [1.165, 1.54) is 5.56 Å². The predicted octanol–water partition coefficient (Wildman–Crippen LogP) is 2.25. The first-order chi connectivity index (χ1) is 4.79. The molecule has 0 saturated carbocycles. The van der Waals surface area contributed by atoms with Crippen LogP contribution < -0.4 is 0 Å². The van der Waals surface area contributed by atoms with E-state index >= 15 is 0 Å². The number of pyridine rings is 1. The van der Waals surface area contributed by atoms with E-state index in [1.54, 1.807) is 12.4 Å². The van der Waals surface area contributed by atoms with E-state index in [0.29, 0.717) is 0 Å². The van der Waals surface area contributed by atoms with Crippen LogP contribution in [0.1, 0.15) is 12.5 Å². The Morgan fingerprint density at radius 3 is 2.60 bits per heavy atom. The smallest absolute Gasteiger partial charge is 0.0348 e. The summed E-state index contributed by atoms with van der Waals surface area (Å²) >= 11 is 5.79. The van der Waals surface area contributed by atoms with Crippen LogP contribution in [0.4, 0.5) is 0 Å². The summed E-state index contributed by atoms with van der Waals surface area (Å²) in [4.78, 5) is 3.91. The average molecular weight is 156 g/mol. The molecule has 0 saturated heterocycles. The van der Waals surface area contributed by atoms with Gasteiger partial charge in [0.15, 0.2) is 0 Å². The molecule has 10 heavy (non-hydrogen) atoms. The van der Waals surface area contributed by atoms with E-state index in [2.05, 4.69) is 4.98 Å². The molecule has 0 N–H and O–H groups in total. The Morgan fingerprint density at radius 2 is 2.10 bits per heavy atom. The summed E-state index contributed by atoms with van der Waals surface area (Å²) in [6, 6.07) is 3.97. The third-order valence-corrected chi connectivity index (χ3v) is 1.42. The second-order valence-electron chi connectivity index (χ2n) is 2.34. The van der Waals surface area contributed by atoms with Crippen LogP contribution in [0.3, 0.4) is 0 Å². The molecule has 1 atom stereocenters. The molecule has 0 fully saturated rings. The number of nitrogens with zero attached hydrogens (tertiary/aromatic N) is 1. The van der Waals surface area contributed by atoms with Gasteiger partial charge in [-0.1, -0.05) is 0 Å². The number of rotatable bonds is 2. The maximum absolute atomic E-state index is 5.79. The van der Waals surface area contributed by atoms with Gasteiger partial charge in [0, 0.05) is 17.8 Å². The number of halogens is 1. The molecule has 0 aliphatic heterocycles. The standard InChI is InChI=1S/C8H10ClN/c1-7(9)6-8-2-4-10-5-3-8/h2-5,7H,6H2,1H3/t7-/m0/s1. The zero-order valence-electron chi connectivity index (χ0n) is 5.92. The minimum absolute atomic E-state index is 0.211. The Balaban J connectivity index is 2.59. The van der Waals surface area contributed by atoms with E-state index in [1.807, 2.05) is 19.1 Å². The molecule has 0 aliphatic rings. The Hall–Kier alpha value is -0.560. The second-order valence-corrected chi connectivity index (χ2v) is 3.09. The van der Waals surface area contributed by atoms with Crippen molar-refractivity contribution in [3.8, 4) is 0 Å². The van der Waals surface area contributed by atoms with Crippen molar-refractivity contribution in [3.63, 3.8) is 0 Å². The lowest BCUT2D eigenvalue weighted by molar-refractivity contribution is 0.927. The highest BCUT2D eigenvalue weighted by molar-refractivity contribution is 6.20. The maximum atomic E-state index is 5.79. The highest BCUT2D eigenvalue weighted by atomic mass is 35.5. The summed E-state index contributed by atoms with van der Waals surface area (Å²) in [7, 11) is 0. The molecule has 0 aromatic carbocycles. The Morgan fingerprint density at radius 1 is 1.50 bits per heavy atom. The first-order valence-corrected chi connectivity index (χ1v) is 3.75. The molecule has 2 heteroatoms. The number of hydrogen-bond donors (Lipinski definition) is 0. The number of hydrogen-bond acceptors (Lipinski definition) is 1. The molecular formula is C8H10ClN. The molecule has 0 spiro atoms. The van der Waals surface area contributed by atoms with Crippen molar-refractivity contribution in [2.24, 2.45) is 0 Å². The highest BCUT2D eigenvalue weighted by Crippen LogP contribution is 2.05. The summed E-state index contributed by atoms with van der Waals surface area (Å²) in [6.45, 7) is 1.99. The summed E-state index contributed by atoms with van der Waals surface area (Å²) in [5, 5.41) is 0.211. The van der Waals surface area contributed by atoms with E-state index in [4.69, 9.17) is 11.6 Å². The molecule has 0 unspecified atom stereocenters. The minimum atomic E-state index is 0.211. The van der Waals surface area contributed by atoms with Gasteiger partial charge in [-0.2, -0.15) is 0 Å². The number of aromatic nitrogens is 1. The predicted molar refractivity (Wildman–Crippen MR) is 43.3 cm³/mol. The lowest BCUT2D eigenvalue weighted by Gasteiger charge is -2.00. The molecule has 1 aromatic rings. The third-order valence-electron chi connectivity index (χ3n) is 1.27. The number of alkyl halides is 1. The largest absolute Gasteiger partial charge is 0.265 e. The normalized spacial score (nSPS) is 13.0. The molecule has 0 bridgehead atoms. The van der Waals surface area contributed by atoms with Crippen LogP contribution in [-0.2, 0) is 6.42 Å². The van der Waals surface area contributed by atoms with Gasteiger partial charge in [-0.15, -0.1) is 11.6 Å². The zero-order chi connectivity index (χ0) is 7.40. The van der Waals surface area contributed by atoms with Crippen molar-refractivity contribution in [1.29, 1.82) is 0 Å². The molecule has 1 heterocycles. The molecule has 0 amide bonds. The lowest BCUT2D eigenvalue weighted by Crippen LogP contribution is -1.96. The second kappa shape index (κ2) is 3.57. The average Bonchev–Trinajstić information content (AvgIpc) is 1.88. The van der Waals surface area contributed by atoms with E-state index < -0.39 is 0 Å². The van der Waals surface area contributed by atoms with Crippen LogP contribution in [0.5, 0.6) is 0 Å². The van der Waals surface area contributed by atoms with Crippen LogP contribution in [-0.4, -0.2) is 10.4 Å². The first kappa shape index (κ1) is 7.55. The van der Waals surface area contributed by atoms with Gasteiger partial charge >= 0.3 is 0 Å². The van der Waals surface area contributed by atoms with Crippen LogP contribution in [0.15, 0.2) is 24.5 Å². The first-order valence-electron chi connectivity index (χ1n) is 3.32. The van der Waals surface area contributed by atoms with Crippen LogP contribution in [0, 0.1) is 0 Å². The van der Waals surface area contributed by atoms with Crippen molar-refractivity contribution in [2.45, 2.75) is 18.7 Å². The van der Waals surface area contributed by atoms with Crippen LogP contribution in [0.2, 0.25) is 0 Å². The fourth-order valence-electron chi connectivity index (χ4n) is 0.844. The monoisotopic (exact) mass is 155 g/mol. The summed E-state index contributed by atoms with van der Waals surface area (Å²) < 4.78 is 0. The van der Waals surface area contributed by atoms with E-state index in [9.17, 15) is 0 Å². The van der Waals surface area contributed by atoms with Gasteiger partial charge in [0.1, 0.15) is 0 Å². The van der Waals surface area contributed by atoms with Gasteiger partial charge in [-0.25, -0.2) is 0 Å². The minimum Gasteiger partial charge on any atom is -0.265 e. The SMILES string of the molecule is C[C@H](Cl)Cc1ccncc1. The topological polar surface area (TPSA) is 12.9 Å². The molecule has 54 valence electrons.